The monoisotopic (exact) mass is 234 g/mol. The summed E-state index contributed by atoms with van der Waals surface area (Å²) in [7, 11) is 0. The molecule has 0 amide bonds. The Morgan fingerprint density at radius 1 is 1.00 bits per heavy atom. The van der Waals surface area contributed by atoms with Gasteiger partial charge in [0.25, 0.3) is 0 Å². The molecule has 0 radical (unpaired) electrons. The summed E-state index contributed by atoms with van der Waals surface area (Å²) in [5, 5.41) is 38.9. The Hall–Kier alpha value is -1.14. The molecule has 15 heavy (non-hydrogen) atoms. The molecule has 0 aliphatic heterocycles. The zero-order valence-electron chi connectivity index (χ0n) is 7.39. The van der Waals surface area contributed by atoms with Crippen LogP contribution in [0.5, 0.6) is 0 Å². The normalized spacial score (nSPS) is 9.40. The van der Waals surface area contributed by atoms with Crippen LogP contribution in [0, 0.1) is 0 Å². The van der Waals surface area contributed by atoms with E-state index in [1.165, 1.54) is 0 Å². The molecule has 0 aliphatic rings. The van der Waals surface area contributed by atoms with Crippen molar-refractivity contribution in [1.82, 2.24) is 0 Å². The quantitative estimate of drug-likeness (QED) is 0.460. The second kappa shape index (κ2) is 7.19. The van der Waals surface area contributed by atoms with Crippen LogP contribution in [0.25, 0.3) is 0 Å². The average molecular weight is 234 g/mol. The van der Waals surface area contributed by atoms with Gasteiger partial charge in [-0.25, -0.2) is 0 Å². The van der Waals surface area contributed by atoms with Crippen LogP contribution in [0.2, 0.25) is 0 Å². The van der Waals surface area contributed by atoms with Crippen LogP contribution in [0.4, 0.5) is 0 Å². The van der Waals surface area contributed by atoms with Crippen LogP contribution in [-0.2, 0) is 14.4 Å². The zero-order valence-corrected chi connectivity index (χ0v) is 8.54. The molecular weight excluding hydrogens is 227 g/mol. The minimum absolute atomic E-state index is 0. The van der Waals surface area contributed by atoms with Gasteiger partial charge in [-0.05, 0) is 0 Å². The first-order valence-corrected chi connectivity index (χ1v) is 3.11. The fraction of sp³-hybridized carbons (Fsp3) is 0.500. The smallest absolute Gasteiger partial charge is 0.550 e. The Balaban J connectivity index is -0.000000720. The third kappa shape index (κ3) is 6.87. The van der Waals surface area contributed by atoms with E-state index in [0.717, 1.165) is 0 Å². The van der Waals surface area contributed by atoms with Gasteiger partial charge in [-0.15, -0.1) is 0 Å². The van der Waals surface area contributed by atoms with Crippen molar-refractivity contribution in [2.45, 2.75) is 18.4 Å². The molecule has 8 nitrogen and oxygen atoms in total. The standard InChI is InChI=1S/C6H8O7.Al.H2O/c7-3(8)1-6(13,5(11)12)2-4(9)10;;/h13H,1-2H2,(H,7,8)(H,9,10)(H,11,12);;1H2/q;+3;/p-3. The van der Waals surface area contributed by atoms with Crippen LogP contribution in [0.15, 0.2) is 0 Å². The van der Waals surface area contributed by atoms with Gasteiger partial charge in [0.1, 0.15) is 5.60 Å². The minimum atomic E-state index is -2.97. The summed E-state index contributed by atoms with van der Waals surface area (Å²) < 4.78 is 0. The fourth-order valence-electron chi connectivity index (χ4n) is 0.684. The SMILES string of the molecule is O.O=C([O-])CC(O)(CC(=O)[O-])C(=O)[O-].[Al+3]. The number of carbonyl (C=O) groups is 3. The number of carboxylic acid groups (broad SMARTS) is 3. The molecule has 3 N–H and O–H groups in total. The number of aliphatic carboxylic acids is 3. The van der Waals surface area contributed by atoms with Crippen LogP contribution < -0.4 is 15.3 Å². The van der Waals surface area contributed by atoms with Crippen LogP contribution in [0.3, 0.4) is 0 Å². The summed E-state index contributed by atoms with van der Waals surface area (Å²) in [6.45, 7) is 0. The molecule has 0 rings (SSSR count). The van der Waals surface area contributed by atoms with Gasteiger partial charge in [-0.3, -0.25) is 0 Å². The van der Waals surface area contributed by atoms with Gasteiger partial charge >= 0.3 is 17.4 Å². The summed E-state index contributed by atoms with van der Waals surface area (Å²) in [4.78, 5) is 30.0. The molecule has 0 unspecified atom stereocenters. The first-order valence-electron chi connectivity index (χ1n) is 3.11. The van der Waals surface area contributed by atoms with Crippen molar-refractivity contribution in [2.24, 2.45) is 0 Å². The van der Waals surface area contributed by atoms with Gasteiger partial charge in [0.2, 0.25) is 0 Å². The van der Waals surface area contributed by atoms with Gasteiger partial charge in [0, 0.05) is 24.8 Å². The Labute approximate surface area is 94.6 Å². The van der Waals surface area contributed by atoms with Crippen LogP contribution >= 0.6 is 0 Å². The van der Waals surface area contributed by atoms with Crippen molar-refractivity contribution < 1.29 is 40.3 Å². The van der Waals surface area contributed by atoms with Crippen molar-refractivity contribution >= 4 is 35.3 Å². The summed E-state index contributed by atoms with van der Waals surface area (Å²) in [6, 6.07) is 0. The molecule has 0 aromatic heterocycles. The van der Waals surface area contributed by atoms with E-state index in [9.17, 15) is 29.7 Å². The number of aliphatic hydroxyl groups is 1. The molecule has 0 saturated heterocycles. The molecule has 9 heteroatoms. The Morgan fingerprint density at radius 3 is 1.40 bits per heavy atom. The molecule has 82 valence electrons. The van der Waals surface area contributed by atoms with Gasteiger partial charge in [-0.1, -0.05) is 0 Å². The van der Waals surface area contributed by atoms with E-state index < -0.39 is 36.4 Å². The van der Waals surface area contributed by atoms with Gasteiger partial charge in [0.15, 0.2) is 0 Å². The van der Waals surface area contributed by atoms with Crippen molar-refractivity contribution in [3.05, 3.63) is 0 Å². The average Bonchev–Trinajstić information content (AvgIpc) is 1.82. The number of rotatable bonds is 5. The maximum atomic E-state index is 10.1. The first-order chi connectivity index (χ1) is 5.78. The molecule has 0 spiro atoms. The van der Waals surface area contributed by atoms with Crippen molar-refractivity contribution in [3.63, 3.8) is 0 Å². The van der Waals surface area contributed by atoms with Gasteiger partial charge < -0.3 is 40.3 Å². The number of carboxylic acids is 3. The van der Waals surface area contributed by atoms with Gasteiger partial charge in [0.05, 0.1) is 5.97 Å². The first kappa shape index (κ1) is 19.4. The Bertz CT molecular complexity index is 234. The number of hydrogen-bond donors (Lipinski definition) is 1. The van der Waals surface area contributed by atoms with E-state index in [1.807, 2.05) is 0 Å². The summed E-state index contributed by atoms with van der Waals surface area (Å²) in [6.07, 6.45) is -2.72. The predicted molar refractivity (Wildman–Crippen MR) is 38.6 cm³/mol. The van der Waals surface area contributed by atoms with E-state index in [-0.39, 0.29) is 22.8 Å². The second-order valence-electron chi connectivity index (χ2n) is 2.42. The number of carbonyl (C=O) groups excluding carboxylic acids is 3. The van der Waals surface area contributed by atoms with E-state index in [4.69, 9.17) is 5.11 Å². The third-order valence-corrected chi connectivity index (χ3v) is 1.25. The summed E-state index contributed by atoms with van der Waals surface area (Å²) in [5.41, 5.74) is -2.97. The predicted octanol–water partition coefficient (Wildman–Crippen LogP) is -6.46. The summed E-state index contributed by atoms with van der Waals surface area (Å²) in [5.74, 6) is -5.98. The van der Waals surface area contributed by atoms with Crippen LogP contribution in [-0.4, -0.2) is 51.5 Å². The largest absolute Gasteiger partial charge is 3.00 e. The minimum Gasteiger partial charge on any atom is -0.550 e. The molecule has 0 aromatic rings. The van der Waals surface area contributed by atoms with Crippen molar-refractivity contribution in [2.75, 3.05) is 0 Å². The van der Waals surface area contributed by atoms with E-state index in [1.54, 1.807) is 0 Å². The maximum absolute atomic E-state index is 10.1. The Morgan fingerprint density at radius 2 is 1.27 bits per heavy atom. The maximum Gasteiger partial charge on any atom is 3.00 e. The van der Waals surface area contributed by atoms with Crippen molar-refractivity contribution in [3.8, 4) is 0 Å². The zero-order chi connectivity index (χ0) is 10.6. The molecule has 0 heterocycles. The summed E-state index contributed by atoms with van der Waals surface area (Å²) >= 11 is 0. The second-order valence-corrected chi connectivity index (χ2v) is 2.42. The van der Waals surface area contributed by atoms with Gasteiger partial charge in [-0.2, -0.15) is 0 Å². The number of hydrogen-bond acceptors (Lipinski definition) is 7. The molecule has 0 aliphatic carbocycles. The Kier molecular flexibility index (Phi) is 9.32. The topological polar surface area (TPSA) is 172 Å². The third-order valence-electron chi connectivity index (χ3n) is 1.25. The molecular formula is C6H7AlO8. The van der Waals surface area contributed by atoms with E-state index in [2.05, 4.69) is 0 Å². The fourth-order valence-corrected chi connectivity index (χ4v) is 0.684. The van der Waals surface area contributed by atoms with E-state index >= 15 is 0 Å². The molecule has 0 bridgehead atoms. The molecule has 0 aromatic carbocycles. The molecule has 0 saturated carbocycles. The van der Waals surface area contributed by atoms with Crippen LogP contribution in [0.1, 0.15) is 12.8 Å². The van der Waals surface area contributed by atoms with Crippen molar-refractivity contribution in [1.29, 1.82) is 0 Å². The molecule has 0 atom stereocenters. The van der Waals surface area contributed by atoms with E-state index in [0.29, 0.717) is 0 Å². The molecule has 0 fully saturated rings.